The Morgan fingerprint density at radius 2 is 1.79 bits per heavy atom. The minimum Gasteiger partial charge on any atom is -0.444 e. The van der Waals surface area contributed by atoms with E-state index < -0.39 is 41.6 Å². The number of alkyl carbamates (subject to hydrolysis) is 1. The molecule has 3 aromatic rings. The molecule has 7 rings (SSSR count). The minimum absolute atomic E-state index is 0.113. The molecule has 0 radical (unpaired) electrons. The zero-order chi connectivity index (χ0) is 44.3. The molecule has 62 heavy (non-hydrogen) atoms. The highest BCUT2D eigenvalue weighted by molar-refractivity contribution is 6.06. The largest absolute Gasteiger partial charge is 0.444 e. The van der Waals surface area contributed by atoms with E-state index in [2.05, 4.69) is 32.7 Å². The smallest absolute Gasteiger partial charge is 0.408 e. The van der Waals surface area contributed by atoms with E-state index in [-0.39, 0.29) is 54.9 Å². The Morgan fingerprint density at radius 1 is 1.00 bits per heavy atom. The van der Waals surface area contributed by atoms with E-state index in [1.165, 1.54) is 4.90 Å². The number of aryl methyl sites for hydroxylation is 1. The Hall–Kier alpha value is -6.24. The van der Waals surface area contributed by atoms with Gasteiger partial charge in [0.1, 0.15) is 23.7 Å². The number of benzene rings is 2. The van der Waals surface area contributed by atoms with Gasteiger partial charge in [0, 0.05) is 62.1 Å². The molecule has 3 fully saturated rings. The van der Waals surface area contributed by atoms with Crippen molar-refractivity contribution in [1.82, 2.24) is 40.4 Å². The third kappa shape index (κ3) is 9.61. The molecule has 0 saturated carbocycles. The molecule has 16 heteroatoms. The molecule has 4 aliphatic heterocycles. The van der Waals surface area contributed by atoms with Crippen molar-refractivity contribution in [2.24, 2.45) is 0 Å². The summed E-state index contributed by atoms with van der Waals surface area (Å²) in [7, 11) is 1.76. The number of ether oxygens (including phenoxy) is 1. The number of H-pyrrole nitrogens is 1. The topological polar surface area (TPSA) is 194 Å². The highest BCUT2D eigenvalue weighted by Crippen LogP contribution is 2.32. The molecule has 0 bridgehead atoms. The second-order valence-electron chi connectivity index (χ2n) is 17.8. The number of aromatic amines is 1. The van der Waals surface area contributed by atoms with Crippen LogP contribution < -0.4 is 10.6 Å². The summed E-state index contributed by atoms with van der Waals surface area (Å²) in [6.45, 7) is 8.10. The summed E-state index contributed by atoms with van der Waals surface area (Å²) in [5.74, 6) is 4.53. The van der Waals surface area contributed by atoms with Crippen molar-refractivity contribution in [3.05, 3.63) is 64.3 Å². The quantitative estimate of drug-likeness (QED) is 0.152. The first-order valence-electron chi connectivity index (χ1n) is 21.7. The summed E-state index contributed by atoms with van der Waals surface area (Å²) < 4.78 is 5.52. The van der Waals surface area contributed by atoms with E-state index in [9.17, 15) is 33.6 Å². The van der Waals surface area contributed by atoms with Gasteiger partial charge in [0.05, 0.1) is 12.1 Å². The third-order valence-corrected chi connectivity index (χ3v) is 12.1. The van der Waals surface area contributed by atoms with E-state index in [1.807, 2.05) is 31.2 Å². The molecule has 7 amide bonds. The number of hydrogen-bond acceptors (Lipinski definition) is 9. The Morgan fingerprint density at radius 3 is 2.56 bits per heavy atom. The van der Waals surface area contributed by atoms with Crippen LogP contribution in [-0.2, 0) is 30.5 Å². The van der Waals surface area contributed by atoms with Gasteiger partial charge >= 0.3 is 6.09 Å². The van der Waals surface area contributed by atoms with Crippen molar-refractivity contribution in [2.75, 3.05) is 26.7 Å². The van der Waals surface area contributed by atoms with Crippen molar-refractivity contribution in [2.45, 2.75) is 128 Å². The average Bonchev–Trinajstić information content (AvgIpc) is 3.93. The van der Waals surface area contributed by atoms with Crippen LogP contribution in [0.5, 0.6) is 0 Å². The van der Waals surface area contributed by atoms with Crippen molar-refractivity contribution in [3.63, 3.8) is 0 Å². The van der Waals surface area contributed by atoms with Gasteiger partial charge in [0.15, 0.2) is 5.69 Å². The minimum atomic E-state index is -1.15. The fraction of sp³-hybridized carbons (Fsp3) is 0.522. The maximum Gasteiger partial charge on any atom is 0.408 e. The Kier molecular flexibility index (Phi) is 13.0. The molecule has 16 nitrogen and oxygen atoms in total. The van der Waals surface area contributed by atoms with Gasteiger partial charge in [-0.1, -0.05) is 42.4 Å². The number of imide groups is 1. The Balaban J connectivity index is 0.920. The normalized spacial score (nSPS) is 21.4. The van der Waals surface area contributed by atoms with E-state index in [0.29, 0.717) is 56.1 Å². The van der Waals surface area contributed by atoms with Crippen LogP contribution in [0.3, 0.4) is 0 Å². The molecule has 0 aliphatic carbocycles. The van der Waals surface area contributed by atoms with Crippen molar-refractivity contribution in [1.29, 1.82) is 0 Å². The van der Waals surface area contributed by atoms with Gasteiger partial charge < -0.3 is 29.7 Å². The zero-order valence-corrected chi connectivity index (χ0v) is 36.2. The highest BCUT2D eigenvalue weighted by Gasteiger charge is 2.47. The molecule has 3 N–H and O–H groups in total. The van der Waals surface area contributed by atoms with E-state index >= 15 is 0 Å². The number of likely N-dealkylation sites (N-methyl/N-ethyl adjacent to an activating group) is 1. The molecule has 3 saturated heterocycles. The predicted octanol–water partition coefficient (Wildman–Crippen LogP) is 4.19. The molecule has 5 heterocycles. The maximum atomic E-state index is 14.5. The number of fused-ring (bicyclic) bond motifs is 3. The van der Waals surface area contributed by atoms with E-state index in [4.69, 9.17) is 4.74 Å². The lowest BCUT2D eigenvalue weighted by molar-refractivity contribution is -0.147. The molecule has 1 unspecified atom stereocenters. The number of carbonyl (C=O) groups excluding carboxylic acids is 7. The standard InChI is InChI=1S/C46H56N8O8/c1-28-16-18-34-32(25-28)39(50-49-34)44(60)52-24-22-30-17-19-37(54(30)42(58)35(27-52)47-45(61)62-46(2,3)4)43(59)51(5)23-11-9-7-6-8-10-13-29-14-12-15-31-33(29)26-53(41(31)57)36-20-21-38(55)48-40(36)56/h12,14-16,18,25,30,35-37H,6-9,11,17,19-24,26-27H2,1-5H3,(H,47,61)(H,49,50)(H,48,55,56)/t30-,35+,36?,37+/m1/s1. The third-order valence-electron chi connectivity index (χ3n) is 12.1. The Bertz CT molecular complexity index is 2340. The van der Waals surface area contributed by atoms with Crippen LogP contribution in [0.2, 0.25) is 0 Å². The van der Waals surface area contributed by atoms with Crippen molar-refractivity contribution < 1.29 is 38.3 Å². The molecule has 4 aliphatic rings. The number of carbonyl (C=O) groups is 7. The summed E-state index contributed by atoms with van der Waals surface area (Å²) in [5, 5.41) is 13.0. The number of amides is 7. The lowest BCUT2D eigenvalue weighted by atomic mass is 10.0. The first-order chi connectivity index (χ1) is 29.6. The van der Waals surface area contributed by atoms with Crippen molar-refractivity contribution in [3.8, 4) is 11.8 Å². The lowest BCUT2D eigenvalue weighted by Crippen LogP contribution is -2.61. The number of aromatic nitrogens is 2. The first kappa shape index (κ1) is 43.8. The summed E-state index contributed by atoms with van der Waals surface area (Å²) in [6, 6.07) is 8.29. The monoisotopic (exact) mass is 848 g/mol. The number of hydrogen-bond donors (Lipinski definition) is 3. The number of unbranched alkanes of at least 4 members (excludes halogenated alkanes) is 4. The highest BCUT2D eigenvalue weighted by atomic mass is 16.6. The van der Waals surface area contributed by atoms with Gasteiger partial charge in [-0.25, -0.2) is 4.79 Å². The van der Waals surface area contributed by atoms with Crippen LogP contribution in [0.25, 0.3) is 10.9 Å². The zero-order valence-electron chi connectivity index (χ0n) is 36.2. The fourth-order valence-electron chi connectivity index (χ4n) is 8.94. The van der Waals surface area contributed by atoms with Crippen LogP contribution in [0.1, 0.15) is 123 Å². The van der Waals surface area contributed by atoms with Gasteiger partial charge in [-0.2, -0.15) is 5.10 Å². The van der Waals surface area contributed by atoms with Crippen LogP contribution >= 0.6 is 0 Å². The molecular weight excluding hydrogens is 793 g/mol. The first-order valence-corrected chi connectivity index (χ1v) is 21.7. The molecule has 1 aromatic heterocycles. The molecule has 2 aromatic carbocycles. The summed E-state index contributed by atoms with van der Waals surface area (Å²) >= 11 is 0. The van der Waals surface area contributed by atoms with E-state index in [0.717, 1.165) is 47.9 Å². The summed E-state index contributed by atoms with van der Waals surface area (Å²) in [5.41, 5.74) is 3.21. The van der Waals surface area contributed by atoms with Gasteiger partial charge in [-0.3, -0.25) is 39.2 Å². The SMILES string of the molecule is Cc1ccc2[nH]nc(C(=O)N3CC[C@H]4CC[C@@H](C(=O)N(C)CCCCCCC#Cc5cccc6c5CN(C5CCC(=O)NC5=O)C6=O)N4C(=O)[C@@H](NC(=O)OC(C)(C)C)C3)c2c1. The van der Waals surface area contributed by atoms with Gasteiger partial charge in [-0.05, 0) is 96.0 Å². The number of nitrogens with one attached hydrogen (secondary N) is 3. The molecular formula is C46H56N8O8. The number of piperidine rings is 1. The second kappa shape index (κ2) is 18.4. The fourth-order valence-corrected chi connectivity index (χ4v) is 8.94. The van der Waals surface area contributed by atoms with Crippen LogP contribution in [-0.4, -0.2) is 128 Å². The predicted molar refractivity (Wildman–Crippen MR) is 228 cm³/mol. The van der Waals surface area contributed by atoms with E-state index in [1.54, 1.807) is 54.7 Å². The maximum absolute atomic E-state index is 14.5. The molecule has 328 valence electrons. The van der Waals surface area contributed by atoms with Crippen LogP contribution in [0.15, 0.2) is 36.4 Å². The number of nitrogens with zero attached hydrogens (tertiary/aromatic N) is 5. The van der Waals surface area contributed by atoms with Gasteiger partial charge in [0.2, 0.25) is 23.6 Å². The Labute approximate surface area is 361 Å². The summed E-state index contributed by atoms with van der Waals surface area (Å²) in [6.07, 6.45) is 5.31. The lowest BCUT2D eigenvalue weighted by Gasteiger charge is -2.39. The van der Waals surface area contributed by atoms with Gasteiger partial charge in [-0.15, -0.1) is 0 Å². The molecule has 0 spiro atoms. The average molecular weight is 849 g/mol. The van der Waals surface area contributed by atoms with Crippen molar-refractivity contribution >= 4 is 52.4 Å². The second-order valence-corrected chi connectivity index (χ2v) is 17.8. The van der Waals surface area contributed by atoms with Crippen LogP contribution in [0.4, 0.5) is 4.79 Å². The van der Waals surface area contributed by atoms with Crippen LogP contribution in [0, 0.1) is 18.8 Å². The summed E-state index contributed by atoms with van der Waals surface area (Å²) in [4.78, 5) is 99.2. The molecule has 4 atom stereocenters. The number of rotatable bonds is 10. The van der Waals surface area contributed by atoms with Gasteiger partial charge in [0.25, 0.3) is 11.8 Å².